The molecule has 0 spiro atoms. The summed E-state index contributed by atoms with van der Waals surface area (Å²) < 4.78 is 5.15. The molecule has 1 aromatic carbocycles. The Balaban J connectivity index is 0.00000225. The number of aromatic nitrogens is 1. The molecule has 2 heterocycles. The fourth-order valence-electron chi connectivity index (χ4n) is 4.06. The molecule has 1 aromatic heterocycles. The van der Waals surface area contributed by atoms with Gasteiger partial charge < -0.3 is 9.64 Å². The third-order valence-corrected chi connectivity index (χ3v) is 5.61. The van der Waals surface area contributed by atoms with E-state index in [1.807, 2.05) is 25.3 Å². The van der Waals surface area contributed by atoms with Gasteiger partial charge in [0.05, 0.1) is 12.3 Å². The summed E-state index contributed by atoms with van der Waals surface area (Å²) in [5.74, 6) is 0. The van der Waals surface area contributed by atoms with Gasteiger partial charge in [-0.1, -0.05) is 29.3 Å². The second-order valence-corrected chi connectivity index (χ2v) is 7.41. The Hall–Kier alpha value is -1.81. The quantitative estimate of drug-likeness (QED) is 0.601. The van der Waals surface area contributed by atoms with Crippen LogP contribution in [0.4, 0.5) is 4.79 Å². The second-order valence-electron chi connectivity index (χ2n) is 6.98. The van der Waals surface area contributed by atoms with Crippen molar-refractivity contribution in [2.75, 3.05) is 19.7 Å². The predicted octanol–water partition coefficient (Wildman–Crippen LogP) is 3.97. The molecular formula is C22H25ClN2O2Se. The van der Waals surface area contributed by atoms with Gasteiger partial charge in [0.2, 0.25) is 0 Å². The molecule has 1 aliphatic carbocycles. The van der Waals surface area contributed by atoms with E-state index in [0.717, 1.165) is 36.4 Å². The van der Waals surface area contributed by atoms with E-state index in [0.29, 0.717) is 19.7 Å². The van der Waals surface area contributed by atoms with Crippen LogP contribution >= 0.6 is 11.6 Å². The number of carbonyl (C=O) groups excluding carboxylic acids is 1. The molecule has 0 radical (unpaired) electrons. The first kappa shape index (κ1) is 20.9. The van der Waals surface area contributed by atoms with Crippen LogP contribution in [0.25, 0.3) is 5.57 Å². The van der Waals surface area contributed by atoms with Crippen molar-refractivity contribution >= 4 is 40.3 Å². The molecule has 2 aliphatic rings. The number of amides is 1. The first-order chi connectivity index (χ1) is 13.2. The first-order valence-corrected chi connectivity index (χ1v) is 9.92. The molecular weight excluding hydrogens is 439 g/mol. The molecule has 0 bridgehead atoms. The Morgan fingerprint density at radius 2 is 1.89 bits per heavy atom. The number of benzene rings is 1. The first-order valence-electron chi connectivity index (χ1n) is 9.54. The number of piperidine rings is 1. The molecule has 1 amide bonds. The fourth-order valence-corrected chi connectivity index (χ4v) is 4.25. The van der Waals surface area contributed by atoms with Crippen LogP contribution in [0.15, 0.2) is 42.1 Å². The molecule has 6 heteroatoms. The summed E-state index contributed by atoms with van der Waals surface area (Å²) in [6.07, 6.45) is 5.25. The zero-order valence-electron chi connectivity index (χ0n) is 16.0. The van der Waals surface area contributed by atoms with Crippen molar-refractivity contribution in [3.63, 3.8) is 0 Å². The molecule has 4 nitrogen and oxygen atoms in total. The van der Waals surface area contributed by atoms with E-state index in [1.54, 1.807) is 4.90 Å². The number of aryl methyl sites for hydroxylation is 2. The van der Waals surface area contributed by atoms with E-state index in [4.69, 9.17) is 21.3 Å². The van der Waals surface area contributed by atoms with Crippen LogP contribution in [0.5, 0.6) is 0 Å². The number of hydrogen-bond donors (Lipinski definition) is 0. The van der Waals surface area contributed by atoms with E-state index >= 15 is 0 Å². The van der Waals surface area contributed by atoms with Crippen LogP contribution in [0.2, 0.25) is 5.02 Å². The molecule has 2 aromatic rings. The molecule has 1 saturated heterocycles. The maximum atomic E-state index is 12.0. The van der Waals surface area contributed by atoms with Gasteiger partial charge in [-0.15, -0.1) is 0 Å². The molecule has 4 rings (SSSR count). The van der Waals surface area contributed by atoms with Gasteiger partial charge >= 0.3 is 23.2 Å². The number of rotatable bonds is 1. The average Bonchev–Trinajstić information content (AvgIpc) is 2.85. The summed E-state index contributed by atoms with van der Waals surface area (Å²) in [6.45, 7) is 3.62. The van der Waals surface area contributed by atoms with Gasteiger partial charge in [0, 0.05) is 29.9 Å². The Labute approximate surface area is 181 Å². The standard InChI is InChI=1S/C22H23ClN2O2.H2Se/c1-2-27-22(26)25-12-9-15(10-13-25)20-19-8-7-18(23)14-17(19)6-5-16-4-3-11-24-21(16)20;/h3-4,7-8,11,14H,2,5-6,9-10,12-13H2,1H3;1H2. The molecule has 1 aliphatic heterocycles. The monoisotopic (exact) mass is 464 g/mol. The van der Waals surface area contributed by atoms with Crippen molar-refractivity contribution in [2.45, 2.75) is 32.6 Å². The topological polar surface area (TPSA) is 42.4 Å². The number of pyridine rings is 1. The van der Waals surface area contributed by atoms with E-state index in [9.17, 15) is 4.79 Å². The molecule has 0 saturated carbocycles. The van der Waals surface area contributed by atoms with Crippen LogP contribution in [-0.4, -0.2) is 52.7 Å². The Morgan fingerprint density at radius 3 is 2.64 bits per heavy atom. The van der Waals surface area contributed by atoms with Crippen LogP contribution in [0, 0.1) is 0 Å². The van der Waals surface area contributed by atoms with E-state index < -0.39 is 0 Å². The number of carbonyl (C=O) groups is 1. The Kier molecular flexibility index (Phi) is 6.82. The van der Waals surface area contributed by atoms with Crippen LogP contribution in [0.1, 0.15) is 42.1 Å². The van der Waals surface area contributed by atoms with Gasteiger partial charge in [-0.25, -0.2) is 4.79 Å². The SMILES string of the molecule is CCOC(=O)N1CCC(=C2c3ccc(Cl)cc3CCc3cccnc32)CC1.[SeH2]. The molecule has 0 N–H and O–H groups in total. The molecule has 0 atom stereocenters. The van der Waals surface area contributed by atoms with Gasteiger partial charge in [0.1, 0.15) is 0 Å². The van der Waals surface area contributed by atoms with Crippen molar-refractivity contribution in [2.24, 2.45) is 0 Å². The van der Waals surface area contributed by atoms with Crippen LogP contribution < -0.4 is 0 Å². The van der Waals surface area contributed by atoms with Gasteiger partial charge in [0.15, 0.2) is 0 Å². The Morgan fingerprint density at radius 1 is 1.14 bits per heavy atom. The van der Waals surface area contributed by atoms with E-state index in [1.165, 1.54) is 27.8 Å². The van der Waals surface area contributed by atoms with Crippen molar-refractivity contribution in [3.8, 4) is 0 Å². The van der Waals surface area contributed by atoms with Crippen molar-refractivity contribution in [1.29, 1.82) is 0 Å². The van der Waals surface area contributed by atoms with Gasteiger partial charge in [-0.2, -0.15) is 0 Å². The zero-order valence-corrected chi connectivity index (χ0v) is 18.9. The third kappa shape index (κ3) is 4.12. The molecule has 0 unspecified atom stereocenters. The minimum absolute atomic E-state index is 0. The summed E-state index contributed by atoms with van der Waals surface area (Å²) in [5.41, 5.74) is 7.46. The number of halogens is 1. The number of fused-ring (bicyclic) bond motifs is 2. The molecule has 148 valence electrons. The van der Waals surface area contributed by atoms with E-state index in [2.05, 4.69) is 18.2 Å². The summed E-state index contributed by atoms with van der Waals surface area (Å²) in [7, 11) is 0. The van der Waals surface area contributed by atoms with Crippen LogP contribution in [-0.2, 0) is 17.6 Å². The predicted molar refractivity (Wildman–Crippen MR) is 115 cm³/mol. The van der Waals surface area contributed by atoms with Crippen molar-refractivity contribution < 1.29 is 9.53 Å². The summed E-state index contributed by atoms with van der Waals surface area (Å²) in [5, 5.41) is 0.772. The molecule has 28 heavy (non-hydrogen) atoms. The van der Waals surface area contributed by atoms with Gasteiger partial charge in [-0.3, -0.25) is 4.98 Å². The zero-order chi connectivity index (χ0) is 18.8. The number of nitrogens with zero attached hydrogens (tertiary/aromatic N) is 2. The summed E-state index contributed by atoms with van der Waals surface area (Å²) in [4.78, 5) is 18.6. The minimum atomic E-state index is -0.215. The van der Waals surface area contributed by atoms with E-state index in [-0.39, 0.29) is 23.2 Å². The van der Waals surface area contributed by atoms with Crippen LogP contribution in [0.3, 0.4) is 0 Å². The number of likely N-dealkylation sites (tertiary alicyclic amines) is 1. The normalized spacial score (nSPS) is 15.9. The fraction of sp³-hybridized carbons (Fsp3) is 0.364. The summed E-state index contributed by atoms with van der Waals surface area (Å²) >= 11 is 6.27. The maximum absolute atomic E-state index is 12.0. The summed E-state index contributed by atoms with van der Waals surface area (Å²) in [6, 6.07) is 10.3. The number of hydrogen-bond acceptors (Lipinski definition) is 3. The van der Waals surface area contributed by atoms with Crippen molar-refractivity contribution in [3.05, 3.63) is 69.5 Å². The van der Waals surface area contributed by atoms with Gasteiger partial charge in [0.25, 0.3) is 0 Å². The Bertz CT molecular complexity index is 903. The third-order valence-electron chi connectivity index (χ3n) is 5.37. The molecule has 1 fully saturated rings. The second kappa shape index (κ2) is 9.13. The number of ether oxygens (including phenoxy) is 1. The van der Waals surface area contributed by atoms with Gasteiger partial charge in [-0.05, 0) is 67.5 Å². The average molecular weight is 464 g/mol. The van der Waals surface area contributed by atoms with Crippen molar-refractivity contribution in [1.82, 2.24) is 9.88 Å².